The minimum atomic E-state index is -0.537. The Bertz CT molecular complexity index is 484. The number of carbonyl (C=O) groups excluding carboxylic acids is 1. The first-order valence-electron chi connectivity index (χ1n) is 7.08. The maximum absolute atomic E-state index is 13.4. The highest BCUT2D eigenvalue weighted by Gasteiger charge is 2.26. The van der Waals surface area contributed by atoms with E-state index in [9.17, 15) is 9.18 Å². The number of amides is 1. The minimum absolute atomic E-state index is 0.0599. The van der Waals surface area contributed by atoms with Crippen molar-refractivity contribution in [2.75, 3.05) is 32.4 Å². The van der Waals surface area contributed by atoms with Gasteiger partial charge in [0.1, 0.15) is 5.82 Å². The Balaban J connectivity index is 2.07. The Labute approximate surface area is 119 Å². The van der Waals surface area contributed by atoms with Gasteiger partial charge in [0.05, 0.1) is 11.3 Å². The summed E-state index contributed by atoms with van der Waals surface area (Å²) in [5.74, 6) is -0.734. The molecule has 1 saturated heterocycles. The predicted molar refractivity (Wildman–Crippen MR) is 78.0 cm³/mol. The third kappa shape index (κ3) is 2.93. The lowest BCUT2D eigenvalue weighted by Gasteiger charge is -2.36. The van der Waals surface area contributed by atoms with Gasteiger partial charge in [-0.15, -0.1) is 0 Å². The quantitative estimate of drug-likeness (QED) is 0.861. The van der Waals surface area contributed by atoms with E-state index in [0.29, 0.717) is 0 Å². The normalized spacial score (nSPS) is 17.1. The highest BCUT2D eigenvalue weighted by molar-refractivity contribution is 5.99. The summed E-state index contributed by atoms with van der Waals surface area (Å²) in [5.41, 5.74) is 5.86. The van der Waals surface area contributed by atoms with Crippen LogP contribution in [0.25, 0.3) is 0 Å². The van der Waals surface area contributed by atoms with Gasteiger partial charge in [0.2, 0.25) is 0 Å². The average molecular weight is 279 g/mol. The van der Waals surface area contributed by atoms with E-state index in [-0.39, 0.29) is 23.2 Å². The number of anilines is 1. The number of hydrogen-bond donors (Lipinski definition) is 1. The zero-order valence-electron chi connectivity index (χ0n) is 12.1. The second-order valence-electron chi connectivity index (χ2n) is 5.28. The van der Waals surface area contributed by atoms with Gasteiger partial charge in [0, 0.05) is 26.2 Å². The number of rotatable bonds is 3. The number of hydrogen-bond acceptors (Lipinski definition) is 3. The van der Waals surface area contributed by atoms with Crippen LogP contribution in [0, 0.1) is 5.82 Å². The summed E-state index contributed by atoms with van der Waals surface area (Å²) in [6.07, 6.45) is 1.90. The topological polar surface area (TPSA) is 49.6 Å². The first kappa shape index (κ1) is 14.8. The number of halogens is 1. The minimum Gasteiger partial charge on any atom is -0.396 e. The molecule has 0 aliphatic carbocycles. The Morgan fingerprint density at radius 2 is 2.10 bits per heavy atom. The molecule has 0 spiro atoms. The average Bonchev–Trinajstić information content (AvgIpc) is 2.48. The van der Waals surface area contributed by atoms with E-state index in [1.165, 1.54) is 12.1 Å². The van der Waals surface area contributed by atoms with Crippen molar-refractivity contribution in [3.8, 4) is 0 Å². The first-order chi connectivity index (χ1) is 9.54. The van der Waals surface area contributed by atoms with Crippen molar-refractivity contribution in [2.45, 2.75) is 25.8 Å². The number of para-hydroxylation sites is 1. The van der Waals surface area contributed by atoms with Gasteiger partial charge < -0.3 is 15.5 Å². The van der Waals surface area contributed by atoms with Crippen LogP contribution in [-0.2, 0) is 0 Å². The molecule has 4 nitrogen and oxygen atoms in total. The lowest BCUT2D eigenvalue weighted by atomic mass is 10.0. The Morgan fingerprint density at radius 3 is 2.70 bits per heavy atom. The van der Waals surface area contributed by atoms with Crippen LogP contribution in [0.2, 0.25) is 0 Å². The highest BCUT2D eigenvalue weighted by atomic mass is 19.1. The second kappa shape index (κ2) is 6.22. The monoisotopic (exact) mass is 279 g/mol. The van der Waals surface area contributed by atoms with Crippen molar-refractivity contribution in [1.29, 1.82) is 0 Å². The smallest absolute Gasteiger partial charge is 0.256 e. The molecule has 0 bridgehead atoms. The number of benzene rings is 1. The molecule has 110 valence electrons. The largest absolute Gasteiger partial charge is 0.396 e. The number of carbonyl (C=O) groups is 1. The Hall–Kier alpha value is -1.62. The van der Waals surface area contributed by atoms with Gasteiger partial charge in [0.25, 0.3) is 5.91 Å². The maximum Gasteiger partial charge on any atom is 0.256 e. The molecule has 1 fully saturated rings. The van der Waals surface area contributed by atoms with E-state index in [1.54, 1.807) is 18.0 Å². The summed E-state index contributed by atoms with van der Waals surface area (Å²) in [4.78, 5) is 16.5. The molecular formula is C15H22FN3O. The molecule has 1 amide bonds. The third-order valence-corrected chi connectivity index (χ3v) is 4.16. The van der Waals surface area contributed by atoms with Crippen LogP contribution < -0.4 is 5.73 Å². The van der Waals surface area contributed by atoms with Crippen molar-refractivity contribution < 1.29 is 9.18 Å². The second-order valence-corrected chi connectivity index (χ2v) is 5.28. The molecule has 20 heavy (non-hydrogen) atoms. The van der Waals surface area contributed by atoms with Crippen molar-refractivity contribution in [3.05, 3.63) is 29.6 Å². The molecule has 0 unspecified atom stereocenters. The van der Waals surface area contributed by atoms with Gasteiger partial charge in [-0.1, -0.05) is 13.0 Å². The van der Waals surface area contributed by atoms with Crippen LogP contribution in [-0.4, -0.2) is 48.4 Å². The summed E-state index contributed by atoms with van der Waals surface area (Å²) in [7, 11) is 1.78. The summed E-state index contributed by atoms with van der Waals surface area (Å²) in [6.45, 7) is 5.18. The molecule has 1 heterocycles. The SMILES string of the molecule is CCN1CCC(N(C)C(=O)c2cccc(F)c2N)CC1. The summed E-state index contributed by atoms with van der Waals surface area (Å²) >= 11 is 0. The molecule has 1 aliphatic rings. The van der Waals surface area contributed by atoms with E-state index in [1.807, 2.05) is 0 Å². The van der Waals surface area contributed by atoms with Gasteiger partial charge in [-0.3, -0.25) is 4.79 Å². The molecular weight excluding hydrogens is 257 g/mol. The van der Waals surface area contributed by atoms with Crippen LogP contribution in [0.15, 0.2) is 18.2 Å². The van der Waals surface area contributed by atoms with Crippen LogP contribution in [0.3, 0.4) is 0 Å². The molecule has 0 aromatic heterocycles. The fraction of sp³-hybridized carbons (Fsp3) is 0.533. The summed E-state index contributed by atoms with van der Waals surface area (Å²) in [5, 5.41) is 0. The van der Waals surface area contributed by atoms with Crippen LogP contribution in [0.4, 0.5) is 10.1 Å². The summed E-state index contributed by atoms with van der Waals surface area (Å²) < 4.78 is 13.4. The Morgan fingerprint density at radius 1 is 1.45 bits per heavy atom. The number of nitrogens with zero attached hydrogens (tertiary/aromatic N) is 2. The number of nitrogen functional groups attached to an aromatic ring is 1. The lowest BCUT2D eigenvalue weighted by Crippen LogP contribution is -2.45. The van der Waals surface area contributed by atoms with Gasteiger partial charge in [-0.2, -0.15) is 0 Å². The molecule has 0 radical (unpaired) electrons. The van der Waals surface area contributed by atoms with Crippen LogP contribution in [0.5, 0.6) is 0 Å². The molecule has 1 aromatic rings. The van der Waals surface area contributed by atoms with E-state index in [4.69, 9.17) is 5.73 Å². The highest BCUT2D eigenvalue weighted by Crippen LogP contribution is 2.21. The van der Waals surface area contributed by atoms with Crippen molar-refractivity contribution in [3.63, 3.8) is 0 Å². The van der Waals surface area contributed by atoms with Crippen molar-refractivity contribution in [2.24, 2.45) is 0 Å². The molecule has 1 aromatic carbocycles. The number of piperidine rings is 1. The molecule has 0 atom stereocenters. The lowest BCUT2D eigenvalue weighted by molar-refractivity contribution is 0.0647. The van der Waals surface area contributed by atoms with Crippen LogP contribution in [0.1, 0.15) is 30.1 Å². The van der Waals surface area contributed by atoms with Gasteiger partial charge in [-0.05, 0) is 31.5 Å². The van der Waals surface area contributed by atoms with Gasteiger partial charge >= 0.3 is 0 Å². The predicted octanol–water partition coefficient (Wildman–Crippen LogP) is 1.96. The fourth-order valence-electron chi connectivity index (χ4n) is 2.70. The van der Waals surface area contributed by atoms with E-state index >= 15 is 0 Å². The standard InChI is InChI=1S/C15H22FN3O/c1-3-19-9-7-11(8-10-19)18(2)15(20)12-5-4-6-13(16)14(12)17/h4-6,11H,3,7-10,17H2,1-2H3. The molecule has 0 saturated carbocycles. The molecule has 5 heteroatoms. The molecule has 2 N–H and O–H groups in total. The van der Waals surface area contributed by atoms with E-state index in [2.05, 4.69) is 11.8 Å². The maximum atomic E-state index is 13.4. The Kier molecular flexibility index (Phi) is 4.60. The first-order valence-corrected chi connectivity index (χ1v) is 7.08. The zero-order chi connectivity index (χ0) is 14.7. The van der Waals surface area contributed by atoms with Crippen molar-refractivity contribution >= 4 is 11.6 Å². The third-order valence-electron chi connectivity index (χ3n) is 4.16. The van der Waals surface area contributed by atoms with E-state index < -0.39 is 5.82 Å². The van der Waals surface area contributed by atoms with Crippen molar-refractivity contribution in [1.82, 2.24) is 9.80 Å². The van der Waals surface area contributed by atoms with Gasteiger partial charge in [0.15, 0.2) is 0 Å². The molecule has 2 rings (SSSR count). The number of nitrogens with two attached hydrogens (primary N) is 1. The van der Waals surface area contributed by atoms with Gasteiger partial charge in [-0.25, -0.2) is 4.39 Å². The van der Waals surface area contributed by atoms with E-state index in [0.717, 1.165) is 32.5 Å². The summed E-state index contributed by atoms with van der Waals surface area (Å²) in [6, 6.07) is 4.57. The fourth-order valence-corrected chi connectivity index (χ4v) is 2.70. The van der Waals surface area contributed by atoms with Crippen LogP contribution >= 0.6 is 0 Å². The number of likely N-dealkylation sites (tertiary alicyclic amines) is 1. The molecule has 1 aliphatic heterocycles. The zero-order valence-corrected chi connectivity index (χ0v) is 12.1.